The molecule has 27 heavy (non-hydrogen) atoms. The summed E-state index contributed by atoms with van der Waals surface area (Å²) in [6.45, 7) is 6.97. The largest absolute Gasteiger partial charge is 0.485 e. The zero-order chi connectivity index (χ0) is 18.8. The third-order valence-electron chi connectivity index (χ3n) is 5.07. The normalized spacial score (nSPS) is 19.6. The van der Waals surface area contributed by atoms with Crippen molar-refractivity contribution in [1.29, 1.82) is 0 Å². The highest BCUT2D eigenvalue weighted by Gasteiger charge is 2.30. The fraction of sp³-hybridized carbons (Fsp3) is 0.500. The van der Waals surface area contributed by atoms with Crippen LogP contribution in [-0.2, 0) is 0 Å². The van der Waals surface area contributed by atoms with Gasteiger partial charge in [0.1, 0.15) is 17.6 Å². The molecule has 0 N–H and O–H groups in total. The van der Waals surface area contributed by atoms with E-state index in [9.17, 15) is 4.79 Å². The van der Waals surface area contributed by atoms with Crippen molar-refractivity contribution < 1.29 is 9.53 Å². The summed E-state index contributed by atoms with van der Waals surface area (Å²) in [6, 6.07) is 5.62. The molecule has 4 rings (SSSR count). The summed E-state index contributed by atoms with van der Waals surface area (Å²) < 4.78 is 6.25. The van der Waals surface area contributed by atoms with Crippen LogP contribution in [0, 0.1) is 13.8 Å². The van der Waals surface area contributed by atoms with Gasteiger partial charge in [0.05, 0.1) is 6.54 Å². The number of amides is 1. The Bertz CT molecular complexity index is 815. The number of aryl methyl sites for hydroxylation is 2. The molecule has 2 fully saturated rings. The van der Waals surface area contributed by atoms with E-state index in [1.54, 1.807) is 6.07 Å². The van der Waals surface area contributed by atoms with Gasteiger partial charge >= 0.3 is 0 Å². The second-order valence-corrected chi connectivity index (χ2v) is 7.24. The smallest absolute Gasteiger partial charge is 0.272 e. The van der Waals surface area contributed by atoms with Crippen molar-refractivity contribution >= 4 is 11.7 Å². The molecular weight excluding hydrogens is 342 g/mol. The van der Waals surface area contributed by atoms with Crippen LogP contribution in [0.4, 0.5) is 5.82 Å². The summed E-state index contributed by atoms with van der Waals surface area (Å²) in [6.07, 6.45) is 4.98. The van der Waals surface area contributed by atoms with Crippen molar-refractivity contribution in [2.24, 2.45) is 0 Å². The van der Waals surface area contributed by atoms with Gasteiger partial charge in [-0.3, -0.25) is 4.79 Å². The molecule has 2 aliphatic heterocycles. The van der Waals surface area contributed by atoms with Gasteiger partial charge in [0.25, 0.3) is 5.91 Å². The lowest BCUT2D eigenvalue weighted by atomic mass is 10.3. The van der Waals surface area contributed by atoms with Crippen LogP contribution in [0.1, 0.15) is 41.3 Å². The number of hydrogen-bond acceptors (Lipinski definition) is 6. The van der Waals surface area contributed by atoms with E-state index in [0.29, 0.717) is 24.6 Å². The summed E-state index contributed by atoms with van der Waals surface area (Å²) in [5.74, 6) is 2.30. The van der Waals surface area contributed by atoms with E-state index < -0.39 is 0 Å². The van der Waals surface area contributed by atoms with Crippen molar-refractivity contribution in [3.8, 4) is 5.75 Å². The average Bonchev–Trinajstić information content (AvgIpc) is 3.33. The summed E-state index contributed by atoms with van der Waals surface area (Å²) in [4.78, 5) is 29.9. The topological polar surface area (TPSA) is 71.5 Å². The molecule has 2 saturated heterocycles. The molecule has 0 aliphatic carbocycles. The molecule has 0 unspecified atom stereocenters. The van der Waals surface area contributed by atoms with E-state index in [2.05, 4.69) is 19.9 Å². The number of pyridine rings is 1. The molecule has 0 spiro atoms. The lowest BCUT2D eigenvalue weighted by molar-refractivity contribution is 0.0766. The number of carbonyl (C=O) groups excluding carboxylic acids is 1. The van der Waals surface area contributed by atoms with Crippen LogP contribution in [-0.4, -0.2) is 58.0 Å². The number of hydrogen-bond donors (Lipinski definition) is 0. The van der Waals surface area contributed by atoms with Crippen molar-refractivity contribution in [2.75, 3.05) is 31.1 Å². The first kappa shape index (κ1) is 17.7. The Morgan fingerprint density at radius 3 is 2.78 bits per heavy atom. The van der Waals surface area contributed by atoms with Crippen molar-refractivity contribution in [3.05, 3.63) is 41.6 Å². The minimum absolute atomic E-state index is 0.0245. The fourth-order valence-corrected chi connectivity index (χ4v) is 3.82. The van der Waals surface area contributed by atoms with E-state index in [0.717, 1.165) is 36.8 Å². The molecule has 0 aromatic carbocycles. The van der Waals surface area contributed by atoms with E-state index in [4.69, 9.17) is 4.74 Å². The van der Waals surface area contributed by atoms with Gasteiger partial charge in [-0.15, -0.1) is 0 Å². The summed E-state index contributed by atoms with van der Waals surface area (Å²) >= 11 is 0. The molecule has 2 aromatic rings. The minimum atomic E-state index is -0.0550. The maximum atomic E-state index is 12.8. The van der Waals surface area contributed by atoms with Gasteiger partial charge in [0, 0.05) is 37.9 Å². The molecule has 0 radical (unpaired) electrons. The van der Waals surface area contributed by atoms with Crippen LogP contribution in [0.15, 0.2) is 24.4 Å². The van der Waals surface area contributed by atoms with Gasteiger partial charge in [-0.05, 0) is 44.9 Å². The minimum Gasteiger partial charge on any atom is -0.485 e. The Balaban J connectivity index is 1.44. The van der Waals surface area contributed by atoms with Crippen LogP contribution in [0.3, 0.4) is 0 Å². The molecule has 2 aliphatic rings. The SMILES string of the molecule is Cc1cc(C(=O)N2CC[C@@H](Oc3cccnc3N3CCCC3)C2)nc(C)n1. The second kappa shape index (κ2) is 7.50. The summed E-state index contributed by atoms with van der Waals surface area (Å²) in [5.41, 5.74) is 1.27. The zero-order valence-electron chi connectivity index (χ0n) is 15.9. The number of anilines is 1. The predicted molar refractivity (Wildman–Crippen MR) is 102 cm³/mol. The third-order valence-corrected chi connectivity index (χ3v) is 5.07. The van der Waals surface area contributed by atoms with E-state index in [1.807, 2.05) is 37.1 Å². The van der Waals surface area contributed by atoms with Gasteiger partial charge in [-0.25, -0.2) is 15.0 Å². The van der Waals surface area contributed by atoms with Crippen LogP contribution >= 0.6 is 0 Å². The van der Waals surface area contributed by atoms with Crippen molar-refractivity contribution in [3.63, 3.8) is 0 Å². The first-order valence-corrected chi connectivity index (χ1v) is 9.58. The molecule has 142 valence electrons. The molecule has 1 amide bonds. The van der Waals surface area contributed by atoms with Crippen LogP contribution in [0.2, 0.25) is 0 Å². The molecule has 4 heterocycles. The zero-order valence-corrected chi connectivity index (χ0v) is 15.9. The Morgan fingerprint density at radius 2 is 2.00 bits per heavy atom. The van der Waals surface area contributed by atoms with Gasteiger partial charge in [-0.2, -0.15) is 0 Å². The quantitative estimate of drug-likeness (QED) is 0.826. The first-order valence-electron chi connectivity index (χ1n) is 9.58. The maximum absolute atomic E-state index is 12.8. The first-order chi connectivity index (χ1) is 13.1. The lowest BCUT2D eigenvalue weighted by Crippen LogP contribution is -2.32. The molecule has 7 heteroatoms. The number of rotatable bonds is 4. The molecule has 0 saturated carbocycles. The van der Waals surface area contributed by atoms with E-state index in [1.165, 1.54) is 12.8 Å². The second-order valence-electron chi connectivity index (χ2n) is 7.24. The number of aromatic nitrogens is 3. The fourth-order valence-electron chi connectivity index (χ4n) is 3.82. The molecule has 7 nitrogen and oxygen atoms in total. The third kappa shape index (κ3) is 3.86. The van der Waals surface area contributed by atoms with Crippen molar-refractivity contribution in [2.45, 2.75) is 39.2 Å². The number of ether oxygens (including phenoxy) is 1. The highest BCUT2D eigenvalue weighted by atomic mass is 16.5. The van der Waals surface area contributed by atoms with E-state index in [-0.39, 0.29) is 12.0 Å². The van der Waals surface area contributed by atoms with Crippen LogP contribution in [0.25, 0.3) is 0 Å². The van der Waals surface area contributed by atoms with Crippen molar-refractivity contribution in [1.82, 2.24) is 19.9 Å². The summed E-state index contributed by atoms with van der Waals surface area (Å²) in [7, 11) is 0. The average molecular weight is 367 g/mol. The Morgan fingerprint density at radius 1 is 1.19 bits per heavy atom. The highest BCUT2D eigenvalue weighted by molar-refractivity contribution is 5.92. The Labute approximate surface area is 159 Å². The van der Waals surface area contributed by atoms with E-state index >= 15 is 0 Å². The van der Waals surface area contributed by atoms with Crippen LogP contribution in [0.5, 0.6) is 5.75 Å². The van der Waals surface area contributed by atoms with Gasteiger partial charge < -0.3 is 14.5 Å². The maximum Gasteiger partial charge on any atom is 0.272 e. The summed E-state index contributed by atoms with van der Waals surface area (Å²) in [5, 5.41) is 0. The molecule has 2 aromatic heterocycles. The molecular formula is C20H25N5O2. The van der Waals surface area contributed by atoms with Gasteiger partial charge in [0.2, 0.25) is 0 Å². The Kier molecular flexibility index (Phi) is 4.92. The number of nitrogens with zero attached hydrogens (tertiary/aromatic N) is 5. The molecule has 0 bridgehead atoms. The number of likely N-dealkylation sites (tertiary alicyclic amines) is 1. The lowest BCUT2D eigenvalue weighted by Gasteiger charge is -2.22. The monoisotopic (exact) mass is 367 g/mol. The van der Waals surface area contributed by atoms with Gasteiger partial charge in [0.15, 0.2) is 11.6 Å². The van der Waals surface area contributed by atoms with Gasteiger partial charge in [-0.1, -0.05) is 0 Å². The molecule has 1 atom stereocenters. The van der Waals surface area contributed by atoms with Crippen LogP contribution < -0.4 is 9.64 Å². The number of carbonyl (C=O) groups is 1. The highest BCUT2D eigenvalue weighted by Crippen LogP contribution is 2.30. The standard InChI is InChI=1S/C20H25N5O2/c1-14-12-17(23-15(2)22-14)20(26)25-11-7-16(13-25)27-18-6-5-8-21-19(18)24-9-3-4-10-24/h5-6,8,12,16H,3-4,7,9-11,13H2,1-2H3/t16-/m1/s1. The predicted octanol–water partition coefficient (Wildman–Crippen LogP) is 2.38. The Hall–Kier alpha value is -2.70.